The summed E-state index contributed by atoms with van der Waals surface area (Å²) in [5.41, 5.74) is 30.0. The van der Waals surface area contributed by atoms with Crippen molar-refractivity contribution in [3.63, 3.8) is 0 Å². The van der Waals surface area contributed by atoms with E-state index in [1.807, 2.05) is 0 Å². The standard InChI is InChI=1S/2C2H7NS.2ClH.2Fe.4NO.2H2O/c2*3-1-2-4;;;;;4*1-2;;/h2*4H,1-3H2;2*1H;;;;;;;2*1H2/p-2. The molecule has 0 aliphatic carbocycles. The molecule has 0 unspecified atom stereocenters. The third kappa shape index (κ3) is 1200. The molecule has 0 aromatic heterocycles. The first-order valence-electron chi connectivity index (χ1n) is 3.31. The molecule has 0 heterocycles. The number of halogens is 2. The van der Waals surface area contributed by atoms with Crippen molar-refractivity contribution in [2.45, 2.75) is 0 Å². The van der Waals surface area contributed by atoms with Crippen molar-refractivity contribution in [2.75, 3.05) is 24.6 Å². The van der Waals surface area contributed by atoms with E-state index in [-0.39, 0.29) is 69.9 Å². The Balaban J connectivity index is -0.00000000533. The van der Waals surface area contributed by atoms with Crippen LogP contribution in [-0.4, -0.2) is 35.5 Å². The molecule has 4 radical (unpaired) electrons. The first kappa shape index (κ1) is 94.0. The van der Waals surface area contributed by atoms with Crippen molar-refractivity contribution in [1.29, 1.82) is 0 Å². The molecule has 0 spiro atoms. The van der Waals surface area contributed by atoms with Crippen LogP contribution >= 0.6 is 0 Å². The SMILES string of the molecule is O.O.[Cl-].[Cl-].[Fe].[Fe].[NH3+]CC[S-].[NH3+]CC[S-].[N]=O.[N]=O.[N]=O.[N]=O. The molecule has 0 saturated carbocycles. The summed E-state index contributed by atoms with van der Waals surface area (Å²) in [6.07, 6.45) is 0. The number of hydrogen-bond donors (Lipinski definition) is 2. The van der Waals surface area contributed by atoms with Crippen LogP contribution in [0.3, 0.4) is 0 Å². The Morgan fingerprint density at radius 3 is 0.636 bits per heavy atom. The smallest absolute Gasteiger partial charge is 0.120 e. The van der Waals surface area contributed by atoms with Gasteiger partial charge in [-0.15, -0.1) is 31.1 Å². The van der Waals surface area contributed by atoms with E-state index >= 15 is 0 Å². The average molecular weight is 493 g/mol. The van der Waals surface area contributed by atoms with Crippen molar-refractivity contribution in [3.05, 3.63) is 19.6 Å². The Hall–Kier alpha value is 0.559. The molecule has 0 fully saturated rings. The number of quaternary nitrogens is 2. The van der Waals surface area contributed by atoms with Gasteiger partial charge in [-0.2, -0.15) is 0 Å². The van der Waals surface area contributed by atoms with Gasteiger partial charge in [-0.25, -0.2) is 0 Å². The van der Waals surface area contributed by atoms with Crippen molar-refractivity contribution >= 4 is 25.3 Å². The Bertz CT molecular complexity index is 85.1. The zero-order chi connectivity index (χ0) is 14.8. The van der Waals surface area contributed by atoms with E-state index in [1.165, 1.54) is 0 Å². The van der Waals surface area contributed by atoms with Crippen LogP contribution in [0, 0.1) is 19.6 Å². The Morgan fingerprint density at radius 1 is 0.591 bits per heavy atom. The van der Waals surface area contributed by atoms with E-state index in [0.717, 1.165) is 24.6 Å². The van der Waals surface area contributed by atoms with E-state index in [2.05, 4.69) is 36.7 Å². The molecule has 0 rings (SSSR count). The van der Waals surface area contributed by atoms with Crippen LogP contribution in [0.2, 0.25) is 0 Å². The molecule has 22 heavy (non-hydrogen) atoms. The zero-order valence-corrected chi connectivity index (χ0v) is 16.3. The number of nitroso groups, excluding NO2 is 4. The van der Waals surface area contributed by atoms with Gasteiger partial charge < -0.3 is 72.5 Å². The molecule has 18 heteroatoms. The first-order valence-corrected chi connectivity index (χ1v) is 4.46. The minimum atomic E-state index is 0. The second kappa shape index (κ2) is 438. The molecule has 10 N–H and O–H groups in total. The van der Waals surface area contributed by atoms with Gasteiger partial charge in [0.2, 0.25) is 0 Å². The summed E-state index contributed by atoms with van der Waals surface area (Å²) in [4.78, 5) is 29.0. The van der Waals surface area contributed by atoms with Gasteiger partial charge in [0.1, 0.15) is 22.4 Å². The summed E-state index contributed by atoms with van der Waals surface area (Å²) in [6.45, 7) is 1.77. The maximum absolute atomic E-state index is 7.25. The van der Waals surface area contributed by atoms with Gasteiger partial charge in [0.15, 0.2) is 0 Å². The minimum absolute atomic E-state index is 0. The van der Waals surface area contributed by atoms with Crippen molar-refractivity contribution in [3.8, 4) is 0 Å². The Kier molecular flexibility index (Phi) is 1870. The van der Waals surface area contributed by atoms with E-state index in [9.17, 15) is 0 Å². The van der Waals surface area contributed by atoms with E-state index in [0.29, 0.717) is 0 Å². The number of rotatable bonds is 2. The number of nitrogens with zero attached hydrogens (tertiary/aromatic N) is 4. The van der Waals surface area contributed by atoms with Gasteiger partial charge in [0.05, 0.1) is 13.1 Å². The third-order valence-electron chi connectivity index (χ3n) is 0.289. The van der Waals surface area contributed by atoms with Gasteiger partial charge in [0.25, 0.3) is 0 Å². The predicted molar refractivity (Wildman–Crippen MR) is 69.2 cm³/mol. The molecule has 0 bridgehead atoms. The Labute approximate surface area is 172 Å². The van der Waals surface area contributed by atoms with Crippen LogP contribution in [0.4, 0.5) is 0 Å². The summed E-state index contributed by atoms with van der Waals surface area (Å²) in [7, 11) is 0. The van der Waals surface area contributed by atoms with E-state index in [4.69, 9.17) is 42.0 Å². The zero-order valence-electron chi connectivity index (χ0n) is 10.9. The second-order valence-corrected chi connectivity index (χ2v) is 1.93. The molecule has 0 amide bonds. The molecule has 0 atom stereocenters. The Morgan fingerprint density at radius 2 is 0.636 bits per heavy atom. The van der Waals surface area contributed by atoms with Crippen LogP contribution in [0.1, 0.15) is 0 Å². The van der Waals surface area contributed by atoms with E-state index in [1.54, 1.807) is 0 Å². The average Bonchev–Trinajstić information content (AvgIpc) is 2.47. The third-order valence-corrected chi connectivity index (χ3v) is 0.866. The summed E-state index contributed by atoms with van der Waals surface area (Å²) < 4.78 is 0. The summed E-state index contributed by atoms with van der Waals surface area (Å²) in [5, 5.41) is 0. The fourth-order valence-electron chi connectivity index (χ4n) is 0. The van der Waals surface area contributed by atoms with E-state index < -0.39 is 0 Å². The molecular weight excluding hydrogens is 475 g/mol. The first-order chi connectivity index (χ1) is 7.83. The quantitative estimate of drug-likeness (QED) is 0.278. The predicted octanol–water partition coefficient (Wildman–Crippen LogP) is -11.9. The molecule has 0 aromatic rings. The van der Waals surface area contributed by atoms with Gasteiger partial charge >= 0.3 is 0 Å². The molecular formula is C4H18Cl2Fe2N6O6S2-2. The van der Waals surface area contributed by atoms with Gasteiger partial charge in [-0.1, -0.05) is 0 Å². The second-order valence-electron chi connectivity index (χ2n) is 1.12. The monoisotopic (exact) mass is 492 g/mol. The van der Waals surface area contributed by atoms with Crippen molar-refractivity contribution in [2.24, 2.45) is 0 Å². The normalized spacial score (nSPS) is 3.45. The van der Waals surface area contributed by atoms with Crippen molar-refractivity contribution in [1.82, 2.24) is 22.4 Å². The molecule has 12 nitrogen and oxygen atoms in total. The fourth-order valence-corrected chi connectivity index (χ4v) is 0. The van der Waals surface area contributed by atoms with Gasteiger partial charge in [-0.3, -0.25) is 0 Å². The van der Waals surface area contributed by atoms with Crippen LogP contribution < -0.4 is 58.7 Å². The molecule has 0 aliphatic heterocycles. The van der Waals surface area contributed by atoms with Crippen LogP contribution in [0.5, 0.6) is 0 Å². The number of hydrogen-bond acceptors (Lipinski definition) is 6. The molecule has 0 saturated heterocycles. The molecule has 0 aliphatic rings. The van der Waals surface area contributed by atoms with Gasteiger partial charge in [0, 0.05) is 34.1 Å². The van der Waals surface area contributed by atoms with Crippen LogP contribution in [-0.2, 0) is 59.4 Å². The van der Waals surface area contributed by atoms with Gasteiger partial charge in [-0.05, 0) is 0 Å². The fraction of sp³-hybridized carbons (Fsp3) is 1.00. The topological polar surface area (TPSA) is 276 Å². The molecule has 144 valence electrons. The summed E-state index contributed by atoms with van der Waals surface area (Å²) in [6, 6.07) is 0. The molecule has 0 aromatic carbocycles. The maximum atomic E-state index is 7.25. The van der Waals surface area contributed by atoms with Crippen LogP contribution in [0.15, 0.2) is 0 Å². The summed E-state index contributed by atoms with van der Waals surface area (Å²) >= 11 is 8.98. The van der Waals surface area contributed by atoms with Crippen LogP contribution in [0.25, 0.3) is 0 Å². The largest absolute Gasteiger partial charge is 1.00 e. The maximum Gasteiger partial charge on any atom is 0.120 e. The van der Waals surface area contributed by atoms with Crippen molar-refractivity contribution < 1.29 is 81.4 Å². The summed E-state index contributed by atoms with van der Waals surface area (Å²) in [5.74, 6) is 1.58. The minimum Gasteiger partial charge on any atom is -1.00 e.